The number of fused-ring (bicyclic) bond motifs is 1. The number of anilines is 1. The van der Waals surface area contributed by atoms with Gasteiger partial charge in [-0.25, -0.2) is 14.8 Å². The second-order valence-corrected chi connectivity index (χ2v) is 5.96. The summed E-state index contributed by atoms with van der Waals surface area (Å²) in [7, 11) is 5.99. The van der Waals surface area contributed by atoms with Crippen molar-refractivity contribution in [3.63, 3.8) is 0 Å². The second kappa shape index (κ2) is 5.72. The molecule has 0 bridgehead atoms. The van der Waals surface area contributed by atoms with E-state index in [-0.39, 0.29) is 0 Å². The summed E-state index contributed by atoms with van der Waals surface area (Å²) in [4.78, 5) is 24.9. The predicted octanol–water partition coefficient (Wildman–Crippen LogP) is 1.70. The van der Waals surface area contributed by atoms with Crippen LogP contribution in [0.3, 0.4) is 0 Å². The number of carbonyl (C=O) groups is 1. The maximum Gasteiger partial charge on any atom is 0.346 e. The summed E-state index contributed by atoms with van der Waals surface area (Å²) in [6.07, 6.45) is 1.49. The lowest BCUT2D eigenvalue weighted by molar-refractivity contribution is 0.0701. The minimum Gasteiger partial charge on any atom is -0.477 e. The topological polar surface area (TPSA) is 69.6 Å². The van der Waals surface area contributed by atoms with Gasteiger partial charge in [-0.15, -0.1) is 11.3 Å². The average Bonchev–Trinajstić information content (AvgIpc) is 2.73. The zero-order valence-corrected chi connectivity index (χ0v) is 12.9. The van der Waals surface area contributed by atoms with Gasteiger partial charge in [0.1, 0.15) is 21.9 Å². The van der Waals surface area contributed by atoms with Crippen LogP contribution in [-0.2, 0) is 0 Å². The quantitative estimate of drug-likeness (QED) is 0.905. The number of aromatic carboxylic acids is 1. The number of hydrogen-bond acceptors (Lipinski definition) is 6. The molecule has 0 aliphatic rings. The van der Waals surface area contributed by atoms with Crippen molar-refractivity contribution in [3.05, 3.63) is 16.8 Å². The number of hydrogen-bond donors (Lipinski definition) is 1. The molecule has 0 spiro atoms. The number of nitrogens with zero attached hydrogens (tertiary/aromatic N) is 4. The number of aromatic nitrogens is 2. The van der Waals surface area contributed by atoms with Gasteiger partial charge in [-0.3, -0.25) is 0 Å². The lowest BCUT2D eigenvalue weighted by Crippen LogP contribution is -2.29. The Labute approximate surface area is 121 Å². The van der Waals surface area contributed by atoms with Gasteiger partial charge in [-0.1, -0.05) is 0 Å². The Bertz CT molecular complexity index is 639. The SMILES string of the molecule is Cc1c(C(=O)O)sc2ncnc(N(C)CCN(C)C)c12. The zero-order valence-electron chi connectivity index (χ0n) is 12.0. The van der Waals surface area contributed by atoms with Gasteiger partial charge >= 0.3 is 5.97 Å². The molecule has 0 radical (unpaired) electrons. The number of carboxylic acids is 1. The van der Waals surface area contributed by atoms with Crippen LogP contribution in [0.2, 0.25) is 0 Å². The summed E-state index contributed by atoms with van der Waals surface area (Å²) in [5.41, 5.74) is 0.741. The van der Waals surface area contributed by atoms with Crippen molar-refractivity contribution >= 4 is 33.3 Å². The molecule has 0 saturated heterocycles. The van der Waals surface area contributed by atoms with Crippen LogP contribution in [0.5, 0.6) is 0 Å². The van der Waals surface area contributed by atoms with Crippen LogP contribution >= 0.6 is 11.3 Å². The molecule has 0 unspecified atom stereocenters. The highest BCUT2D eigenvalue weighted by atomic mass is 32.1. The third-order valence-electron chi connectivity index (χ3n) is 3.15. The normalized spacial score (nSPS) is 11.2. The molecule has 20 heavy (non-hydrogen) atoms. The first-order valence-electron chi connectivity index (χ1n) is 6.25. The summed E-state index contributed by atoms with van der Waals surface area (Å²) in [5.74, 6) is -0.120. The molecule has 2 aromatic rings. The van der Waals surface area contributed by atoms with Crippen molar-refractivity contribution in [3.8, 4) is 0 Å². The molecule has 0 amide bonds. The molecule has 2 heterocycles. The number of likely N-dealkylation sites (N-methyl/N-ethyl adjacent to an activating group) is 2. The number of aryl methyl sites for hydroxylation is 1. The van der Waals surface area contributed by atoms with E-state index in [4.69, 9.17) is 0 Å². The molecule has 0 atom stereocenters. The first-order chi connectivity index (χ1) is 9.41. The molecule has 6 nitrogen and oxygen atoms in total. The third kappa shape index (κ3) is 2.73. The van der Waals surface area contributed by atoms with Crippen LogP contribution in [0, 0.1) is 6.92 Å². The van der Waals surface area contributed by atoms with E-state index in [0.717, 1.165) is 34.7 Å². The molecule has 0 fully saturated rings. The molecule has 2 rings (SSSR count). The van der Waals surface area contributed by atoms with Gasteiger partial charge in [0.25, 0.3) is 0 Å². The minimum absolute atomic E-state index is 0.336. The van der Waals surface area contributed by atoms with E-state index >= 15 is 0 Å². The van der Waals surface area contributed by atoms with Gasteiger partial charge < -0.3 is 14.9 Å². The van der Waals surface area contributed by atoms with Crippen molar-refractivity contribution in [2.24, 2.45) is 0 Å². The highest BCUT2D eigenvalue weighted by Gasteiger charge is 2.20. The molecule has 7 heteroatoms. The van der Waals surface area contributed by atoms with Crippen LogP contribution in [-0.4, -0.2) is 60.2 Å². The van der Waals surface area contributed by atoms with Gasteiger partial charge in [0.05, 0.1) is 5.39 Å². The largest absolute Gasteiger partial charge is 0.477 e. The van der Waals surface area contributed by atoms with E-state index in [1.165, 1.54) is 17.7 Å². The average molecular weight is 294 g/mol. The third-order valence-corrected chi connectivity index (χ3v) is 4.33. The van der Waals surface area contributed by atoms with E-state index in [9.17, 15) is 9.90 Å². The highest BCUT2D eigenvalue weighted by Crippen LogP contribution is 2.34. The zero-order chi connectivity index (χ0) is 14.9. The fraction of sp³-hybridized carbons (Fsp3) is 0.462. The van der Waals surface area contributed by atoms with E-state index < -0.39 is 5.97 Å². The molecule has 0 aliphatic carbocycles. The van der Waals surface area contributed by atoms with Crippen molar-refractivity contribution in [2.45, 2.75) is 6.92 Å². The van der Waals surface area contributed by atoms with E-state index in [1.54, 1.807) is 0 Å². The molecule has 0 aromatic carbocycles. The maximum atomic E-state index is 11.2. The molecule has 0 saturated carbocycles. The minimum atomic E-state index is -0.910. The summed E-state index contributed by atoms with van der Waals surface area (Å²) in [5, 5.41) is 10.1. The smallest absolute Gasteiger partial charge is 0.346 e. The van der Waals surface area contributed by atoms with Gasteiger partial charge in [0.2, 0.25) is 0 Å². The fourth-order valence-corrected chi connectivity index (χ4v) is 2.98. The fourth-order valence-electron chi connectivity index (χ4n) is 2.00. The van der Waals surface area contributed by atoms with Gasteiger partial charge in [-0.2, -0.15) is 0 Å². The Morgan fingerprint density at radius 1 is 1.30 bits per heavy atom. The van der Waals surface area contributed by atoms with Crippen LogP contribution in [0.1, 0.15) is 15.2 Å². The molecular weight excluding hydrogens is 276 g/mol. The van der Waals surface area contributed by atoms with Crippen LogP contribution in [0.4, 0.5) is 5.82 Å². The predicted molar refractivity (Wildman–Crippen MR) is 80.9 cm³/mol. The van der Waals surface area contributed by atoms with Gasteiger partial charge in [0, 0.05) is 20.1 Å². The van der Waals surface area contributed by atoms with E-state index in [1.807, 2.05) is 33.0 Å². The Hall–Kier alpha value is -1.73. The Morgan fingerprint density at radius 3 is 2.60 bits per heavy atom. The first kappa shape index (κ1) is 14.7. The summed E-state index contributed by atoms with van der Waals surface area (Å²) < 4.78 is 0. The van der Waals surface area contributed by atoms with E-state index in [2.05, 4.69) is 14.9 Å². The lowest BCUT2D eigenvalue weighted by Gasteiger charge is -2.21. The van der Waals surface area contributed by atoms with Crippen LogP contribution < -0.4 is 4.90 Å². The molecular formula is C13H18N4O2S. The molecule has 0 aliphatic heterocycles. The van der Waals surface area contributed by atoms with Crippen molar-refractivity contribution in [1.29, 1.82) is 0 Å². The Morgan fingerprint density at radius 2 is 2.00 bits per heavy atom. The van der Waals surface area contributed by atoms with Crippen LogP contribution in [0.15, 0.2) is 6.33 Å². The highest BCUT2D eigenvalue weighted by molar-refractivity contribution is 7.20. The van der Waals surface area contributed by atoms with Gasteiger partial charge in [0.15, 0.2) is 0 Å². The van der Waals surface area contributed by atoms with E-state index in [0.29, 0.717) is 4.88 Å². The number of thiophene rings is 1. The second-order valence-electron chi connectivity index (χ2n) is 4.96. The van der Waals surface area contributed by atoms with Crippen molar-refractivity contribution < 1.29 is 9.90 Å². The van der Waals surface area contributed by atoms with Crippen molar-refractivity contribution in [2.75, 3.05) is 39.1 Å². The number of rotatable bonds is 5. The standard InChI is InChI=1S/C13H18N4O2S/c1-8-9-11(17(4)6-5-16(2)3)14-7-15-12(9)20-10(8)13(18)19/h7H,5-6H2,1-4H3,(H,18,19). The Kier molecular flexibility index (Phi) is 4.20. The molecule has 1 N–H and O–H groups in total. The summed E-state index contributed by atoms with van der Waals surface area (Å²) >= 11 is 1.20. The Balaban J connectivity index is 2.46. The van der Waals surface area contributed by atoms with Crippen LogP contribution in [0.25, 0.3) is 10.2 Å². The summed E-state index contributed by atoms with van der Waals surface area (Å²) in [6.45, 7) is 3.53. The molecule has 2 aromatic heterocycles. The van der Waals surface area contributed by atoms with Gasteiger partial charge in [-0.05, 0) is 26.6 Å². The monoisotopic (exact) mass is 294 g/mol. The summed E-state index contributed by atoms with van der Waals surface area (Å²) in [6, 6.07) is 0. The molecule has 108 valence electrons. The lowest BCUT2D eigenvalue weighted by atomic mass is 10.2. The maximum absolute atomic E-state index is 11.2. The van der Waals surface area contributed by atoms with Crippen molar-refractivity contribution in [1.82, 2.24) is 14.9 Å². The first-order valence-corrected chi connectivity index (χ1v) is 7.06. The number of carboxylic acid groups (broad SMARTS) is 1.